The number of likely N-dealkylation sites (tertiary alicyclic amines) is 1. The van der Waals surface area contributed by atoms with E-state index in [1.807, 2.05) is 13.8 Å². The molecule has 3 fully saturated rings. The summed E-state index contributed by atoms with van der Waals surface area (Å²) in [5.74, 6) is -1.74. The van der Waals surface area contributed by atoms with Crippen LogP contribution in [0, 0.1) is 5.92 Å². The van der Waals surface area contributed by atoms with Crippen molar-refractivity contribution in [3.63, 3.8) is 0 Å². The number of ether oxygens (including phenoxy) is 5. The van der Waals surface area contributed by atoms with Crippen LogP contribution in [0.15, 0.2) is 66.1 Å². The number of nitrogens with zero attached hydrogens (tertiary/aromatic N) is 3. The number of aromatic nitrogens is 2. The van der Waals surface area contributed by atoms with Crippen molar-refractivity contribution >= 4 is 72.9 Å². The monoisotopic (exact) mass is 1090 g/mol. The van der Waals surface area contributed by atoms with Gasteiger partial charge >= 0.3 is 18.2 Å². The molecule has 6 N–H and O–H groups in total. The molecule has 76 heavy (non-hydrogen) atoms. The minimum absolute atomic E-state index is 0.0177. The van der Waals surface area contributed by atoms with Crippen LogP contribution in [0.4, 0.5) is 20.3 Å². The minimum atomic E-state index is -4.50. The summed E-state index contributed by atoms with van der Waals surface area (Å²) in [6, 6.07) is 11.3. The Morgan fingerprint density at radius 2 is 1.70 bits per heavy atom. The number of amides is 4. The zero-order chi connectivity index (χ0) is 55.0. The predicted molar refractivity (Wildman–Crippen MR) is 288 cm³/mol. The Morgan fingerprint density at radius 1 is 0.974 bits per heavy atom. The van der Waals surface area contributed by atoms with E-state index in [-0.39, 0.29) is 42.0 Å². The summed E-state index contributed by atoms with van der Waals surface area (Å²) >= 11 is 1.38. The summed E-state index contributed by atoms with van der Waals surface area (Å²) in [5.41, 5.74) is 5.62. The Hall–Kier alpha value is -6.68. The highest BCUT2D eigenvalue weighted by molar-refractivity contribution is 7.90. The lowest BCUT2D eigenvalue weighted by Crippen LogP contribution is -2.56. The van der Waals surface area contributed by atoms with Gasteiger partial charge < -0.3 is 45.4 Å². The van der Waals surface area contributed by atoms with Crippen LogP contribution < -0.4 is 35.9 Å². The Kier molecular flexibility index (Phi) is 18.4. The number of thiazole rings is 1. The number of para-hydroxylation sites is 1. The second-order valence-electron chi connectivity index (χ2n) is 20.9. The number of benzene rings is 2. The molecule has 5 atom stereocenters. The lowest BCUT2D eigenvalue weighted by molar-refractivity contribution is -0.143. The summed E-state index contributed by atoms with van der Waals surface area (Å²) in [6.07, 6.45) is 7.05. The Labute approximate surface area is 448 Å². The topological polar surface area (TPSA) is 269 Å². The van der Waals surface area contributed by atoms with Gasteiger partial charge in [0.25, 0.3) is 15.9 Å². The second kappa shape index (κ2) is 24.5. The average molecular weight is 1090 g/mol. The minimum Gasteiger partial charge on any atom is -0.497 e. The summed E-state index contributed by atoms with van der Waals surface area (Å²) in [6.45, 7) is 13.4. The molecule has 3 heterocycles. The number of rotatable bonds is 23. The zero-order valence-electron chi connectivity index (χ0n) is 44.4. The molecule has 0 bridgehead atoms. The maximum Gasteiger partial charge on any atom is 0.411 e. The number of pyridine rings is 1. The van der Waals surface area contributed by atoms with Gasteiger partial charge in [-0.15, -0.1) is 17.9 Å². The van der Waals surface area contributed by atoms with Crippen molar-refractivity contribution in [3.8, 4) is 22.9 Å². The first kappa shape index (κ1) is 57.0. The number of unbranched alkanes of at least 4 members (excludes halogenated alkanes) is 4. The first-order valence-electron chi connectivity index (χ1n) is 26.0. The van der Waals surface area contributed by atoms with Crippen molar-refractivity contribution in [2.45, 2.75) is 158 Å². The van der Waals surface area contributed by atoms with Crippen molar-refractivity contribution in [2.75, 3.05) is 38.4 Å². The van der Waals surface area contributed by atoms with E-state index < -0.39 is 75.2 Å². The van der Waals surface area contributed by atoms with E-state index in [4.69, 9.17) is 39.4 Å². The van der Waals surface area contributed by atoms with Gasteiger partial charge in [-0.1, -0.05) is 57.7 Å². The number of nitrogens with one attached hydrogen (secondary N) is 4. The fraction of sp³-hybridized carbons (Fsp3) is 0.537. The van der Waals surface area contributed by atoms with Crippen LogP contribution in [0.3, 0.4) is 0 Å². The normalized spacial score (nSPS) is 19.9. The third kappa shape index (κ3) is 14.0. The highest BCUT2D eigenvalue weighted by atomic mass is 32.2. The number of hydrogen-bond acceptors (Lipinski definition) is 17. The summed E-state index contributed by atoms with van der Waals surface area (Å²) in [7, 11) is -1.67. The fourth-order valence-corrected chi connectivity index (χ4v) is 11.6. The molecule has 4 amide bonds. The molecule has 1 saturated heterocycles. The van der Waals surface area contributed by atoms with Crippen LogP contribution in [-0.4, -0.2) is 116 Å². The average Bonchev–Trinajstić information content (AvgIpc) is 3.73. The van der Waals surface area contributed by atoms with Crippen LogP contribution in [0.5, 0.6) is 11.5 Å². The van der Waals surface area contributed by atoms with Crippen LogP contribution in [-0.2, 0) is 38.6 Å². The lowest BCUT2D eigenvalue weighted by atomic mass is 10.1. The SMILES string of the molecule is C=C[C@@H]1C[C@]1(NC(=O)[C@@H]1C[C@@H](Oc2cc(-c3nc(C(C)C)sc3N)nc3cc(OC)ccc23)CN1C(=O)OC(C)(C)C)C(=O)NS(=O)(=O)c1ccccc1NCCCCCCC[C@H](NC(=O)OC1CCCC1)C(=O)OC. The number of anilines is 2. The molecule has 2 aliphatic carbocycles. The summed E-state index contributed by atoms with van der Waals surface area (Å²) in [4.78, 5) is 78.2. The molecule has 2 aromatic heterocycles. The van der Waals surface area contributed by atoms with Crippen LogP contribution in [0.2, 0.25) is 0 Å². The second-order valence-corrected chi connectivity index (χ2v) is 23.6. The molecule has 3 aliphatic rings. The van der Waals surface area contributed by atoms with E-state index >= 15 is 0 Å². The molecule has 0 spiro atoms. The first-order chi connectivity index (χ1) is 36.1. The number of sulfonamides is 1. The summed E-state index contributed by atoms with van der Waals surface area (Å²) in [5, 5.41) is 10.6. The smallest absolute Gasteiger partial charge is 0.411 e. The van der Waals surface area contributed by atoms with E-state index in [0.717, 1.165) is 50.0 Å². The molecule has 4 aromatic rings. The molecule has 22 heteroatoms. The Morgan fingerprint density at radius 3 is 2.37 bits per heavy atom. The molecule has 7 rings (SSSR count). The van der Waals surface area contributed by atoms with E-state index in [0.29, 0.717) is 64.6 Å². The maximum absolute atomic E-state index is 14.6. The molecule has 1 aliphatic heterocycles. The molecule has 0 radical (unpaired) electrons. The number of carbonyl (C=O) groups excluding carboxylic acids is 5. The number of hydrogen-bond donors (Lipinski definition) is 5. The van der Waals surface area contributed by atoms with Crippen LogP contribution in [0.25, 0.3) is 22.3 Å². The lowest BCUT2D eigenvalue weighted by Gasteiger charge is -2.29. The van der Waals surface area contributed by atoms with E-state index in [1.165, 1.54) is 35.5 Å². The number of fused-ring (bicyclic) bond motifs is 1. The van der Waals surface area contributed by atoms with Crippen molar-refractivity contribution in [2.24, 2.45) is 5.92 Å². The molecule has 20 nitrogen and oxygen atoms in total. The number of nitrogen functional groups attached to an aromatic ring is 1. The summed E-state index contributed by atoms with van der Waals surface area (Å²) < 4.78 is 58.6. The molecular weight excluding hydrogens is 1020 g/mol. The standard InChI is InChI=1S/C54H72N8O12S2/c1-9-33-30-54(33,50(65)61-76(68,69)44-23-17-16-21-38(44)56-26-18-12-10-11-13-22-39(49(64)71-8)58-51(66)73-34-19-14-15-20-34)60-47(63)42-28-36(31-62(42)52(67)74-53(4,5)6)72-43-29-41(45-46(55)75-48(59-45)32(2)3)57-40-27-35(70-7)24-25-37(40)43/h9,16-17,21,23-25,27,29,32-34,36,39,42,56H,1,10-15,18-20,22,26,28,30-31,55H2,2-8H3,(H,58,66)(H,60,63)(H,61,65)/t33-,36-,39+,42+,54-/m1/s1. The van der Waals surface area contributed by atoms with Gasteiger partial charge in [0.2, 0.25) is 5.91 Å². The van der Waals surface area contributed by atoms with Gasteiger partial charge in [-0.3, -0.25) is 14.5 Å². The van der Waals surface area contributed by atoms with Gasteiger partial charge in [0, 0.05) is 42.3 Å². The van der Waals surface area contributed by atoms with Gasteiger partial charge in [-0.25, -0.2) is 37.5 Å². The zero-order valence-corrected chi connectivity index (χ0v) is 46.0. The van der Waals surface area contributed by atoms with Crippen molar-refractivity contribution in [1.82, 2.24) is 30.2 Å². The predicted octanol–water partition coefficient (Wildman–Crippen LogP) is 8.36. The number of nitrogens with two attached hydrogens (primary N) is 1. The highest BCUT2D eigenvalue weighted by Gasteiger charge is 2.61. The van der Waals surface area contributed by atoms with Gasteiger partial charge in [-0.05, 0) is 90.0 Å². The first-order valence-corrected chi connectivity index (χ1v) is 28.3. The molecule has 2 aromatic carbocycles. The molecular formula is C54H72N8O12S2. The third-order valence-electron chi connectivity index (χ3n) is 13.7. The van der Waals surface area contributed by atoms with E-state index in [1.54, 1.807) is 70.3 Å². The molecule has 2 saturated carbocycles. The Bertz CT molecular complexity index is 2880. The van der Waals surface area contributed by atoms with Crippen LogP contribution in [0.1, 0.15) is 123 Å². The largest absolute Gasteiger partial charge is 0.497 e. The highest BCUT2D eigenvalue weighted by Crippen LogP contribution is 2.46. The van der Waals surface area contributed by atoms with Crippen molar-refractivity contribution in [3.05, 3.63) is 66.2 Å². The van der Waals surface area contributed by atoms with Gasteiger partial charge in [0.1, 0.15) is 62.5 Å². The van der Waals surface area contributed by atoms with E-state index in [9.17, 15) is 32.4 Å². The molecule has 412 valence electrons. The van der Waals surface area contributed by atoms with Crippen molar-refractivity contribution in [1.29, 1.82) is 0 Å². The fourth-order valence-electron chi connectivity index (χ4n) is 9.54. The maximum atomic E-state index is 14.6. The van der Waals surface area contributed by atoms with Gasteiger partial charge in [0.05, 0.1) is 42.7 Å². The number of carbonyl (C=O) groups is 5. The van der Waals surface area contributed by atoms with E-state index in [2.05, 4.69) is 27.3 Å². The quantitative estimate of drug-likeness (QED) is 0.0202. The number of methoxy groups -OCH3 is 2. The third-order valence-corrected chi connectivity index (χ3v) is 16.2. The van der Waals surface area contributed by atoms with Crippen molar-refractivity contribution < 1.29 is 56.1 Å². The number of alkyl carbamates (subject to hydrolysis) is 1. The Balaban J connectivity index is 0.991. The van der Waals surface area contributed by atoms with Gasteiger partial charge in [0.15, 0.2) is 0 Å². The number of esters is 1. The van der Waals surface area contributed by atoms with Gasteiger partial charge in [-0.2, -0.15) is 0 Å². The molecule has 0 unspecified atom stereocenters. The van der Waals surface area contributed by atoms with Crippen LogP contribution >= 0.6 is 11.3 Å².